The Labute approximate surface area is 151 Å². The molecule has 5 fully saturated rings. The third-order valence-corrected chi connectivity index (χ3v) is 9.52. The second-order valence-electron chi connectivity index (χ2n) is 10.1. The number of allylic oxidation sites excluding steroid dienone is 1. The van der Waals surface area contributed by atoms with Crippen LogP contribution < -0.4 is 0 Å². The van der Waals surface area contributed by atoms with Crippen molar-refractivity contribution in [2.75, 3.05) is 19.7 Å². The van der Waals surface area contributed by atoms with Gasteiger partial charge in [0.1, 0.15) is 0 Å². The maximum Gasteiger partial charge on any atom is 0.305 e. The number of rotatable bonds is 0. The Morgan fingerprint density at radius 2 is 2.08 bits per heavy atom. The van der Waals surface area contributed by atoms with Crippen molar-refractivity contribution in [3.8, 4) is 0 Å². The van der Waals surface area contributed by atoms with Crippen LogP contribution in [0.1, 0.15) is 58.3 Å². The van der Waals surface area contributed by atoms with E-state index in [4.69, 9.17) is 4.74 Å². The average molecular weight is 341 g/mol. The van der Waals surface area contributed by atoms with E-state index in [1.807, 2.05) is 0 Å². The molecule has 0 aromatic carbocycles. The lowest BCUT2D eigenvalue weighted by Crippen LogP contribution is -2.68. The molecule has 3 aliphatic heterocycles. The van der Waals surface area contributed by atoms with Gasteiger partial charge in [-0.25, -0.2) is 0 Å². The highest BCUT2D eigenvalue weighted by atomic mass is 16.5. The molecule has 3 heterocycles. The van der Waals surface area contributed by atoms with Crippen LogP contribution in [-0.4, -0.2) is 36.6 Å². The van der Waals surface area contributed by atoms with E-state index in [1.54, 1.807) is 5.57 Å². The largest absolute Gasteiger partial charge is 0.465 e. The zero-order valence-electron chi connectivity index (χ0n) is 15.5. The van der Waals surface area contributed by atoms with Gasteiger partial charge < -0.3 is 4.74 Å². The van der Waals surface area contributed by atoms with Crippen LogP contribution in [-0.2, 0) is 9.53 Å². The fourth-order valence-electron chi connectivity index (χ4n) is 8.75. The van der Waals surface area contributed by atoms with Crippen LogP contribution in [0.2, 0.25) is 0 Å². The van der Waals surface area contributed by atoms with Gasteiger partial charge >= 0.3 is 5.97 Å². The summed E-state index contributed by atoms with van der Waals surface area (Å²) in [4.78, 5) is 15.2. The molecule has 0 radical (unpaired) electrons. The first-order chi connectivity index (χ1) is 12.2. The predicted molar refractivity (Wildman–Crippen MR) is 95.8 cm³/mol. The smallest absolute Gasteiger partial charge is 0.305 e. The molecule has 6 aliphatic rings. The van der Waals surface area contributed by atoms with Crippen molar-refractivity contribution in [2.45, 2.75) is 64.3 Å². The van der Waals surface area contributed by atoms with Crippen molar-refractivity contribution in [1.82, 2.24) is 4.90 Å². The van der Waals surface area contributed by atoms with E-state index in [2.05, 4.69) is 17.9 Å². The van der Waals surface area contributed by atoms with Crippen LogP contribution in [0.3, 0.4) is 0 Å². The molecule has 0 N–H and O–H groups in total. The summed E-state index contributed by atoms with van der Waals surface area (Å²) in [5.74, 6) is 3.25. The summed E-state index contributed by atoms with van der Waals surface area (Å²) < 4.78 is 5.92. The van der Waals surface area contributed by atoms with Gasteiger partial charge in [-0.2, -0.15) is 0 Å². The molecule has 7 unspecified atom stereocenters. The van der Waals surface area contributed by atoms with Crippen molar-refractivity contribution >= 4 is 5.97 Å². The Hall–Kier alpha value is -0.830. The zero-order valence-corrected chi connectivity index (χ0v) is 15.5. The topological polar surface area (TPSA) is 29.5 Å². The number of carbonyl (C=O) groups excluding carboxylic acids is 1. The number of carbonyl (C=O) groups is 1. The molecule has 3 aliphatic carbocycles. The normalized spacial score (nSPS) is 54.0. The predicted octanol–water partition coefficient (Wildman–Crippen LogP) is 3.79. The Bertz CT molecular complexity index is 656. The van der Waals surface area contributed by atoms with Gasteiger partial charge in [0, 0.05) is 36.4 Å². The minimum Gasteiger partial charge on any atom is -0.465 e. The first kappa shape index (κ1) is 15.2. The van der Waals surface area contributed by atoms with Crippen LogP contribution in [0.5, 0.6) is 0 Å². The summed E-state index contributed by atoms with van der Waals surface area (Å²) in [6.45, 7) is 5.76. The Morgan fingerprint density at radius 1 is 1.16 bits per heavy atom. The maximum atomic E-state index is 12.4. The van der Waals surface area contributed by atoms with Crippen LogP contribution in [0.15, 0.2) is 11.6 Å². The first-order valence-corrected chi connectivity index (χ1v) is 10.8. The van der Waals surface area contributed by atoms with E-state index >= 15 is 0 Å². The first-order valence-electron chi connectivity index (χ1n) is 10.8. The van der Waals surface area contributed by atoms with Crippen molar-refractivity contribution in [2.24, 2.45) is 34.5 Å². The van der Waals surface area contributed by atoms with Gasteiger partial charge in [-0.15, -0.1) is 0 Å². The van der Waals surface area contributed by atoms with E-state index in [9.17, 15) is 4.79 Å². The third-order valence-electron chi connectivity index (χ3n) is 9.52. The summed E-state index contributed by atoms with van der Waals surface area (Å²) in [5, 5.41) is 0. The summed E-state index contributed by atoms with van der Waals surface area (Å²) in [5.41, 5.74) is 2.28. The van der Waals surface area contributed by atoms with Gasteiger partial charge in [0.15, 0.2) is 0 Å². The van der Waals surface area contributed by atoms with Crippen LogP contribution in [0.4, 0.5) is 0 Å². The molecule has 2 saturated carbocycles. The molecule has 3 nitrogen and oxygen atoms in total. The fourth-order valence-corrected chi connectivity index (χ4v) is 8.75. The monoisotopic (exact) mass is 341 g/mol. The number of piperidine rings is 1. The number of hydrogen-bond donors (Lipinski definition) is 0. The van der Waals surface area contributed by atoms with Gasteiger partial charge in [-0.3, -0.25) is 9.69 Å². The Balaban J connectivity index is 1.62. The second kappa shape index (κ2) is 4.91. The van der Waals surface area contributed by atoms with Crippen molar-refractivity contribution < 1.29 is 9.53 Å². The highest BCUT2D eigenvalue weighted by molar-refractivity contribution is 5.70. The number of fused-ring (bicyclic) bond motifs is 1. The lowest BCUT2D eigenvalue weighted by atomic mass is 9.42. The lowest BCUT2D eigenvalue weighted by molar-refractivity contribution is -0.174. The minimum atomic E-state index is 0.0682. The molecule has 0 aromatic rings. The van der Waals surface area contributed by atoms with Gasteiger partial charge in [0.2, 0.25) is 0 Å². The molecule has 7 atom stereocenters. The quantitative estimate of drug-likeness (QED) is 0.496. The molecule has 136 valence electrons. The zero-order chi connectivity index (χ0) is 16.8. The van der Waals surface area contributed by atoms with Gasteiger partial charge in [0.05, 0.1) is 6.61 Å². The number of ether oxygens (including phenoxy) is 1. The van der Waals surface area contributed by atoms with Crippen LogP contribution in [0, 0.1) is 34.5 Å². The number of cyclic esters (lactones) is 1. The summed E-state index contributed by atoms with van der Waals surface area (Å²) in [6, 6.07) is 0.687. The second-order valence-corrected chi connectivity index (χ2v) is 10.1. The van der Waals surface area contributed by atoms with Gasteiger partial charge in [0.25, 0.3) is 0 Å². The highest BCUT2D eigenvalue weighted by Crippen LogP contribution is 2.73. The highest BCUT2D eigenvalue weighted by Gasteiger charge is 2.72. The molecule has 0 aromatic heterocycles. The molecule has 0 amide bonds. The lowest BCUT2D eigenvalue weighted by Gasteiger charge is -2.66. The minimum absolute atomic E-state index is 0.0682. The van der Waals surface area contributed by atoms with E-state index in [-0.39, 0.29) is 16.8 Å². The molecule has 3 saturated heterocycles. The molecule has 6 rings (SSSR count). The van der Waals surface area contributed by atoms with E-state index in [0.29, 0.717) is 19.1 Å². The van der Waals surface area contributed by atoms with Crippen molar-refractivity contribution in [1.29, 1.82) is 0 Å². The van der Waals surface area contributed by atoms with Gasteiger partial charge in [-0.1, -0.05) is 18.6 Å². The maximum absolute atomic E-state index is 12.4. The Kier molecular flexibility index (Phi) is 2.99. The summed E-state index contributed by atoms with van der Waals surface area (Å²) >= 11 is 0. The van der Waals surface area contributed by atoms with E-state index in [1.165, 1.54) is 51.6 Å². The van der Waals surface area contributed by atoms with Gasteiger partial charge in [-0.05, 0) is 68.6 Å². The third kappa shape index (κ3) is 1.66. The fraction of sp³-hybridized carbons (Fsp3) is 0.864. The number of hydrogen-bond acceptors (Lipinski definition) is 3. The standard InChI is InChI=1S/C22H31NO2/c1-14-11-23-12-16-6-5-15-3-2-4-18(15)22-10-8-19(24)25-13-21(16,22)9-7-17(14)20(22)23/h4,14-17,20H,2-3,5-13H2,1H3. The molecule has 3 heteroatoms. The molecular formula is C22H31NO2. The van der Waals surface area contributed by atoms with Crippen molar-refractivity contribution in [3.05, 3.63) is 11.6 Å². The molecular weight excluding hydrogens is 310 g/mol. The van der Waals surface area contributed by atoms with Crippen LogP contribution in [0.25, 0.3) is 0 Å². The Morgan fingerprint density at radius 3 is 3.00 bits per heavy atom. The van der Waals surface area contributed by atoms with Crippen LogP contribution >= 0.6 is 0 Å². The molecule has 25 heavy (non-hydrogen) atoms. The van der Waals surface area contributed by atoms with E-state index < -0.39 is 0 Å². The number of esters is 1. The SMILES string of the molecule is CC1CN2CC3CCC4CCC=C4C45CCC(=O)OCC34CCC1C25. The average Bonchev–Trinajstić information content (AvgIpc) is 3.14. The van der Waals surface area contributed by atoms with Crippen molar-refractivity contribution in [3.63, 3.8) is 0 Å². The summed E-state index contributed by atoms with van der Waals surface area (Å²) in [6.07, 6.45) is 12.4. The van der Waals surface area contributed by atoms with E-state index in [0.717, 1.165) is 30.1 Å². The summed E-state index contributed by atoms with van der Waals surface area (Å²) in [7, 11) is 0. The number of nitrogens with zero attached hydrogens (tertiary/aromatic N) is 1. The molecule has 4 bridgehead atoms. The molecule has 0 spiro atoms.